The zero-order valence-electron chi connectivity index (χ0n) is 16.0. The van der Waals surface area contributed by atoms with Gasteiger partial charge in [-0.05, 0) is 12.8 Å². The van der Waals surface area contributed by atoms with E-state index < -0.39 is 0 Å². The molecule has 9 heteroatoms. The van der Waals surface area contributed by atoms with E-state index in [0.29, 0.717) is 57.9 Å². The summed E-state index contributed by atoms with van der Waals surface area (Å²) >= 11 is 0. The smallest absolute Gasteiger partial charge is 0.269 e. The lowest BCUT2D eigenvalue weighted by Crippen LogP contribution is -2.48. The van der Waals surface area contributed by atoms with Gasteiger partial charge in [-0.15, -0.1) is 0 Å². The van der Waals surface area contributed by atoms with Crippen LogP contribution in [0.2, 0.25) is 0 Å². The van der Waals surface area contributed by atoms with Gasteiger partial charge in [-0.3, -0.25) is 14.4 Å². The zero-order chi connectivity index (χ0) is 19.4. The Morgan fingerprint density at radius 1 is 1.15 bits per heavy atom. The van der Waals surface area contributed by atoms with E-state index in [1.54, 1.807) is 16.0 Å². The van der Waals surface area contributed by atoms with Gasteiger partial charge in [0.25, 0.3) is 5.56 Å². The summed E-state index contributed by atoms with van der Waals surface area (Å²) in [6, 6.07) is 1.47. The zero-order valence-corrected chi connectivity index (χ0v) is 16.0. The third kappa shape index (κ3) is 4.65. The molecule has 148 valence electrons. The van der Waals surface area contributed by atoms with E-state index in [2.05, 4.69) is 5.10 Å². The highest BCUT2D eigenvalue weighted by molar-refractivity contribution is 5.80. The number of carbonyl (C=O) groups excluding carboxylic acids is 2. The number of anilines is 1. The highest BCUT2D eigenvalue weighted by atomic mass is 16.5. The number of nitrogens with zero attached hydrogens (tertiary/aromatic N) is 5. The lowest BCUT2D eigenvalue weighted by atomic mass is 9.95. The molecule has 27 heavy (non-hydrogen) atoms. The molecule has 0 bridgehead atoms. The highest BCUT2D eigenvalue weighted by Crippen LogP contribution is 2.20. The molecule has 0 N–H and O–H groups in total. The molecule has 1 aromatic heterocycles. The second-order valence-corrected chi connectivity index (χ2v) is 7.20. The Balaban J connectivity index is 1.52. The number of hydrogen-bond acceptors (Lipinski definition) is 6. The molecule has 2 saturated heterocycles. The molecule has 3 heterocycles. The van der Waals surface area contributed by atoms with Gasteiger partial charge in [-0.1, -0.05) is 0 Å². The number of morpholine rings is 1. The van der Waals surface area contributed by atoms with Crippen molar-refractivity contribution in [3.8, 4) is 0 Å². The number of hydrogen-bond donors (Lipinski definition) is 0. The van der Waals surface area contributed by atoms with Crippen molar-refractivity contribution >= 4 is 17.5 Å². The summed E-state index contributed by atoms with van der Waals surface area (Å²) in [7, 11) is 3.66. The molecule has 0 saturated carbocycles. The van der Waals surface area contributed by atoms with E-state index >= 15 is 0 Å². The monoisotopic (exact) mass is 377 g/mol. The molecule has 3 rings (SSSR count). The Morgan fingerprint density at radius 2 is 1.81 bits per heavy atom. The van der Waals surface area contributed by atoms with Crippen LogP contribution in [0.1, 0.15) is 12.8 Å². The van der Waals surface area contributed by atoms with Gasteiger partial charge in [-0.25, -0.2) is 4.68 Å². The number of rotatable bonds is 4. The summed E-state index contributed by atoms with van der Waals surface area (Å²) in [5.74, 6) is -0.00518. The average Bonchev–Trinajstić information content (AvgIpc) is 2.69. The van der Waals surface area contributed by atoms with Gasteiger partial charge >= 0.3 is 0 Å². The minimum absolute atomic E-state index is 0.0348. The van der Waals surface area contributed by atoms with Crippen LogP contribution in [0.25, 0.3) is 0 Å². The SMILES string of the molecule is CN(C)c1cnn(CC(=O)N2CCC(C(=O)N3CCOCC3)CC2)c(=O)c1. The summed E-state index contributed by atoms with van der Waals surface area (Å²) in [5.41, 5.74) is 0.401. The lowest BCUT2D eigenvalue weighted by Gasteiger charge is -2.35. The number of amides is 2. The molecule has 9 nitrogen and oxygen atoms in total. The fourth-order valence-corrected chi connectivity index (χ4v) is 3.43. The van der Waals surface area contributed by atoms with E-state index in [1.165, 1.54) is 10.7 Å². The molecule has 2 fully saturated rings. The molecule has 0 radical (unpaired) electrons. The maximum Gasteiger partial charge on any atom is 0.269 e. The van der Waals surface area contributed by atoms with Crippen LogP contribution >= 0.6 is 0 Å². The van der Waals surface area contributed by atoms with Crippen LogP contribution in [0, 0.1) is 5.92 Å². The molecule has 0 aliphatic carbocycles. The third-order valence-electron chi connectivity index (χ3n) is 5.18. The fraction of sp³-hybridized carbons (Fsp3) is 0.667. The van der Waals surface area contributed by atoms with E-state index in [-0.39, 0.29) is 29.8 Å². The summed E-state index contributed by atoms with van der Waals surface area (Å²) in [4.78, 5) is 42.6. The second-order valence-electron chi connectivity index (χ2n) is 7.20. The summed E-state index contributed by atoms with van der Waals surface area (Å²) in [5, 5.41) is 4.08. The first-order valence-corrected chi connectivity index (χ1v) is 9.34. The molecular formula is C18H27N5O4. The molecule has 2 amide bonds. The number of aromatic nitrogens is 2. The van der Waals surface area contributed by atoms with Gasteiger partial charge in [-0.2, -0.15) is 5.10 Å². The number of likely N-dealkylation sites (tertiary alicyclic amines) is 1. The standard InChI is InChI=1S/C18H27N5O4/c1-20(2)15-11-16(24)23(19-12-15)13-17(25)21-5-3-14(4-6-21)18(26)22-7-9-27-10-8-22/h11-12,14H,3-10,13H2,1-2H3. The van der Waals surface area contributed by atoms with Crippen LogP contribution in [0.4, 0.5) is 5.69 Å². The lowest BCUT2D eigenvalue weighted by molar-refractivity contribution is -0.144. The number of piperidine rings is 1. The molecular weight excluding hydrogens is 350 g/mol. The molecule has 2 aliphatic heterocycles. The number of ether oxygens (including phenoxy) is 1. The number of carbonyl (C=O) groups is 2. The Bertz CT molecular complexity index is 734. The Labute approximate surface area is 158 Å². The highest BCUT2D eigenvalue weighted by Gasteiger charge is 2.31. The van der Waals surface area contributed by atoms with Crippen molar-refractivity contribution in [3.63, 3.8) is 0 Å². The van der Waals surface area contributed by atoms with Crippen LogP contribution in [0.15, 0.2) is 17.1 Å². The maximum atomic E-state index is 12.6. The van der Waals surface area contributed by atoms with Crippen LogP contribution in [-0.4, -0.2) is 84.9 Å². The predicted molar refractivity (Wildman–Crippen MR) is 99.5 cm³/mol. The van der Waals surface area contributed by atoms with Gasteiger partial charge in [0.2, 0.25) is 11.8 Å². The van der Waals surface area contributed by atoms with E-state index in [9.17, 15) is 14.4 Å². The van der Waals surface area contributed by atoms with Crippen molar-refractivity contribution in [2.45, 2.75) is 19.4 Å². The van der Waals surface area contributed by atoms with Gasteiger partial charge in [0.05, 0.1) is 25.1 Å². The normalized spacial score (nSPS) is 18.4. The Morgan fingerprint density at radius 3 is 2.41 bits per heavy atom. The molecule has 1 aromatic rings. The van der Waals surface area contributed by atoms with Gasteiger partial charge in [0.1, 0.15) is 6.54 Å². The second kappa shape index (κ2) is 8.51. The first-order valence-electron chi connectivity index (χ1n) is 9.34. The summed E-state index contributed by atoms with van der Waals surface area (Å²) < 4.78 is 6.47. The Kier molecular flexibility index (Phi) is 6.10. The van der Waals surface area contributed by atoms with Gasteiger partial charge in [0.15, 0.2) is 0 Å². The van der Waals surface area contributed by atoms with Gasteiger partial charge < -0.3 is 19.4 Å². The van der Waals surface area contributed by atoms with Crippen LogP contribution in [0.5, 0.6) is 0 Å². The van der Waals surface area contributed by atoms with Crippen LogP contribution in [-0.2, 0) is 20.9 Å². The molecule has 0 unspecified atom stereocenters. The predicted octanol–water partition coefficient (Wildman–Crippen LogP) is -0.593. The fourth-order valence-electron chi connectivity index (χ4n) is 3.43. The first-order chi connectivity index (χ1) is 13.0. The van der Waals surface area contributed by atoms with Crippen molar-refractivity contribution in [2.24, 2.45) is 5.92 Å². The quantitative estimate of drug-likeness (QED) is 0.697. The van der Waals surface area contributed by atoms with Crippen LogP contribution < -0.4 is 10.5 Å². The maximum absolute atomic E-state index is 12.6. The largest absolute Gasteiger partial charge is 0.378 e. The molecule has 0 spiro atoms. The first kappa shape index (κ1) is 19.3. The summed E-state index contributed by atoms with van der Waals surface area (Å²) in [6.07, 6.45) is 2.88. The van der Waals surface area contributed by atoms with Crippen molar-refractivity contribution in [1.82, 2.24) is 19.6 Å². The van der Waals surface area contributed by atoms with Crippen molar-refractivity contribution in [1.29, 1.82) is 0 Å². The molecule has 0 atom stereocenters. The van der Waals surface area contributed by atoms with Crippen LogP contribution in [0.3, 0.4) is 0 Å². The topological polar surface area (TPSA) is 88.0 Å². The van der Waals surface area contributed by atoms with E-state index in [4.69, 9.17) is 4.74 Å². The van der Waals surface area contributed by atoms with E-state index in [0.717, 1.165) is 0 Å². The third-order valence-corrected chi connectivity index (χ3v) is 5.18. The van der Waals surface area contributed by atoms with Crippen molar-refractivity contribution in [2.75, 3.05) is 58.4 Å². The molecule has 2 aliphatic rings. The summed E-state index contributed by atoms with van der Waals surface area (Å²) in [6.45, 7) is 3.47. The van der Waals surface area contributed by atoms with Gasteiger partial charge in [0, 0.05) is 52.3 Å². The van der Waals surface area contributed by atoms with Crippen molar-refractivity contribution < 1.29 is 14.3 Å². The van der Waals surface area contributed by atoms with E-state index in [1.807, 2.05) is 19.0 Å². The minimum Gasteiger partial charge on any atom is -0.378 e. The Hall–Kier alpha value is -2.42. The minimum atomic E-state index is -0.299. The average molecular weight is 377 g/mol. The van der Waals surface area contributed by atoms with Crippen molar-refractivity contribution in [3.05, 3.63) is 22.6 Å². The molecule has 0 aromatic carbocycles.